The minimum atomic E-state index is -0.172. The first-order valence-corrected chi connectivity index (χ1v) is 11.7. The second-order valence-corrected chi connectivity index (χ2v) is 9.34. The maximum atomic E-state index is 14.0. The lowest BCUT2D eigenvalue weighted by Gasteiger charge is -2.34. The smallest absolute Gasteiger partial charge is 0.293 e. The Kier molecular flexibility index (Phi) is 5.66. The number of carbonyl (C=O) groups excluding carboxylic acids is 1. The van der Waals surface area contributed by atoms with Gasteiger partial charge in [-0.25, -0.2) is 5.01 Å². The Bertz CT molecular complexity index is 1200. The van der Waals surface area contributed by atoms with E-state index in [-0.39, 0.29) is 17.9 Å². The molecule has 0 saturated carbocycles. The van der Waals surface area contributed by atoms with Gasteiger partial charge in [0.25, 0.3) is 5.91 Å². The van der Waals surface area contributed by atoms with E-state index in [9.17, 15) is 4.79 Å². The first-order valence-electron chi connectivity index (χ1n) is 10.6. The van der Waals surface area contributed by atoms with Crippen molar-refractivity contribution in [3.63, 3.8) is 0 Å². The number of nitrogens with zero attached hydrogens (tertiary/aromatic N) is 3. The van der Waals surface area contributed by atoms with Crippen LogP contribution in [-0.2, 0) is 11.2 Å². The van der Waals surface area contributed by atoms with Gasteiger partial charge in [0.05, 0.1) is 22.4 Å². The van der Waals surface area contributed by atoms with Crippen molar-refractivity contribution in [2.24, 2.45) is 11.0 Å². The summed E-state index contributed by atoms with van der Waals surface area (Å²) in [6.45, 7) is 2.73. The van der Waals surface area contributed by atoms with E-state index in [4.69, 9.17) is 11.6 Å². The molecule has 2 aliphatic heterocycles. The number of hydrogen-bond donors (Lipinski definition) is 1. The molecule has 0 unspecified atom stereocenters. The molecule has 3 aromatic rings. The highest BCUT2D eigenvalue weighted by atomic mass is 79.9. The molecule has 0 fully saturated rings. The molecule has 0 bridgehead atoms. The van der Waals surface area contributed by atoms with Crippen LogP contribution in [0, 0.1) is 5.92 Å². The molecule has 5 rings (SSSR count). The molecule has 162 valence electrons. The van der Waals surface area contributed by atoms with Gasteiger partial charge < -0.3 is 5.43 Å². The average molecular weight is 510 g/mol. The van der Waals surface area contributed by atoms with Crippen LogP contribution in [0.3, 0.4) is 0 Å². The largest absolute Gasteiger partial charge is 0.301 e. The number of fused-ring (bicyclic) bond motifs is 1. The van der Waals surface area contributed by atoms with Gasteiger partial charge in [0.1, 0.15) is 5.71 Å². The summed E-state index contributed by atoms with van der Waals surface area (Å²) in [4.78, 5) is 14.0. The van der Waals surface area contributed by atoms with Crippen molar-refractivity contribution in [2.75, 3.05) is 16.6 Å². The van der Waals surface area contributed by atoms with Crippen molar-refractivity contribution in [3.05, 3.63) is 93.4 Å². The monoisotopic (exact) mass is 508 g/mol. The standard InChI is InChI=1S/C25H22BrClN4O/c1-16-23(18-10-12-19(26)13-11-18)28-29-24(16)25(32)31(22-9-5-3-7-20(22)27)30-15-14-17-6-2-4-8-21(17)30/h2-13,16,23,28H,14-15H2,1H3/t16-,23-/m1/s1. The van der Waals surface area contributed by atoms with Gasteiger partial charge >= 0.3 is 0 Å². The van der Waals surface area contributed by atoms with Crippen LogP contribution in [-0.4, -0.2) is 18.2 Å². The molecular weight excluding hydrogens is 488 g/mol. The fraction of sp³-hybridized carbons (Fsp3) is 0.200. The number of hydrazine groups is 1. The van der Waals surface area contributed by atoms with Crippen molar-refractivity contribution in [1.82, 2.24) is 5.43 Å². The molecule has 2 heterocycles. The third-order valence-electron chi connectivity index (χ3n) is 6.08. The van der Waals surface area contributed by atoms with Gasteiger partial charge in [-0.1, -0.05) is 76.9 Å². The molecule has 32 heavy (non-hydrogen) atoms. The van der Waals surface area contributed by atoms with Gasteiger partial charge in [-0.2, -0.15) is 5.10 Å². The summed E-state index contributed by atoms with van der Waals surface area (Å²) in [5.41, 5.74) is 7.63. The lowest BCUT2D eigenvalue weighted by molar-refractivity contribution is -0.112. The third-order valence-corrected chi connectivity index (χ3v) is 6.93. The molecule has 7 heteroatoms. The van der Waals surface area contributed by atoms with Crippen LogP contribution >= 0.6 is 27.5 Å². The molecule has 0 aromatic heterocycles. The van der Waals surface area contributed by atoms with E-state index in [1.54, 1.807) is 5.01 Å². The van der Waals surface area contributed by atoms with Crippen molar-refractivity contribution in [3.8, 4) is 0 Å². The van der Waals surface area contributed by atoms with E-state index in [0.717, 1.165) is 22.1 Å². The number of hydrogen-bond acceptors (Lipinski definition) is 4. The van der Waals surface area contributed by atoms with Crippen LogP contribution in [0.1, 0.15) is 24.1 Å². The normalized spacial score (nSPS) is 19.3. The lowest BCUT2D eigenvalue weighted by atomic mass is 9.92. The molecule has 3 aromatic carbocycles. The molecule has 0 saturated heterocycles. The second kappa shape index (κ2) is 8.60. The number of nitrogens with one attached hydrogen (secondary N) is 1. The Morgan fingerprint density at radius 2 is 1.81 bits per heavy atom. The number of amides is 1. The van der Waals surface area contributed by atoms with Crippen molar-refractivity contribution in [2.45, 2.75) is 19.4 Å². The quantitative estimate of drug-likeness (QED) is 0.487. The molecule has 0 spiro atoms. The highest BCUT2D eigenvalue weighted by Crippen LogP contribution is 2.36. The Morgan fingerprint density at radius 1 is 1.09 bits per heavy atom. The summed E-state index contributed by atoms with van der Waals surface area (Å²) >= 11 is 10.0. The van der Waals surface area contributed by atoms with Crippen LogP contribution in [0.2, 0.25) is 5.02 Å². The van der Waals surface area contributed by atoms with E-state index in [1.807, 2.05) is 78.7 Å². The number of carbonyl (C=O) groups is 1. The molecule has 0 radical (unpaired) electrons. The first kappa shape index (κ1) is 21.0. The number of rotatable bonds is 4. The van der Waals surface area contributed by atoms with Crippen LogP contribution in [0.4, 0.5) is 11.4 Å². The number of hydrazone groups is 1. The zero-order valence-electron chi connectivity index (χ0n) is 17.5. The van der Waals surface area contributed by atoms with Gasteiger partial charge in [-0.05, 0) is 47.9 Å². The summed E-state index contributed by atoms with van der Waals surface area (Å²) < 4.78 is 1.02. The SMILES string of the molecule is C[C@H]1C(C(=O)N(c2ccccc2Cl)N2CCc3ccccc32)=NN[C@H]1c1ccc(Br)cc1. The van der Waals surface area contributed by atoms with E-state index in [0.29, 0.717) is 23.0 Å². The van der Waals surface area contributed by atoms with E-state index < -0.39 is 0 Å². The van der Waals surface area contributed by atoms with Crippen LogP contribution in [0.5, 0.6) is 0 Å². The molecule has 2 aliphatic rings. The Morgan fingerprint density at radius 3 is 2.59 bits per heavy atom. The number of halogens is 2. The van der Waals surface area contributed by atoms with Crippen LogP contribution in [0.15, 0.2) is 82.4 Å². The van der Waals surface area contributed by atoms with Crippen molar-refractivity contribution in [1.29, 1.82) is 0 Å². The number of para-hydroxylation sites is 2. The van der Waals surface area contributed by atoms with E-state index >= 15 is 0 Å². The minimum Gasteiger partial charge on any atom is -0.301 e. The molecule has 5 nitrogen and oxygen atoms in total. The summed E-state index contributed by atoms with van der Waals surface area (Å²) in [5.74, 6) is -0.277. The maximum Gasteiger partial charge on any atom is 0.293 e. The van der Waals surface area contributed by atoms with E-state index in [1.165, 1.54) is 5.56 Å². The molecule has 2 atom stereocenters. The average Bonchev–Trinajstić information content (AvgIpc) is 3.40. The summed E-state index contributed by atoms with van der Waals surface area (Å²) in [7, 11) is 0. The predicted molar refractivity (Wildman–Crippen MR) is 133 cm³/mol. The highest BCUT2D eigenvalue weighted by molar-refractivity contribution is 9.10. The Hall–Kier alpha value is -2.83. The zero-order valence-corrected chi connectivity index (χ0v) is 19.8. The van der Waals surface area contributed by atoms with Gasteiger partial charge in [0.15, 0.2) is 0 Å². The van der Waals surface area contributed by atoms with Gasteiger partial charge in [0.2, 0.25) is 0 Å². The topological polar surface area (TPSA) is 47.9 Å². The molecule has 1 N–H and O–H groups in total. The summed E-state index contributed by atoms with van der Waals surface area (Å²) in [6.07, 6.45) is 0.867. The number of benzene rings is 3. The van der Waals surface area contributed by atoms with Gasteiger partial charge in [-0.15, -0.1) is 0 Å². The Balaban J connectivity index is 1.51. The molecule has 1 amide bonds. The van der Waals surface area contributed by atoms with Gasteiger partial charge in [-0.3, -0.25) is 9.80 Å². The highest BCUT2D eigenvalue weighted by Gasteiger charge is 2.39. The Labute approximate surface area is 200 Å². The second-order valence-electron chi connectivity index (χ2n) is 8.01. The maximum absolute atomic E-state index is 14.0. The van der Waals surface area contributed by atoms with Crippen molar-refractivity contribution < 1.29 is 4.79 Å². The van der Waals surface area contributed by atoms with Crippen LogP contribution < -0.4 is 15.4 Å². The summed E-state index contributed by atoms with van der Waals surface area (Å²) in [6, 6.07) is 23.6. The lowest BCUT2D eigenvalue weighted by Crippen LogP contribution is -2.50. The van der Waals surface area contributed by atoms with Gasteiger partial charge in [0, 0.05) is 16.9 Å². The fourth-order valence-electron chi connectivity index (χ4n) is 4.40. The molecule has 0 aliphatic carbocycles. The first-order chi connectivity index (χ1) is 15.5. The van der Waals surface area contributed by atoms with Crippen LogP contribution in [0.25, 0.3) is 0 Å². The summed E-state index contributed by atoms with van der Waals surface area (Å²) in [5, 5.41) is 8.72. The molecular formula is C25H22BrClN4O. The predicted octanol–water partition coefficient (Wildman–Crippen LogP) is 5.75. The number of anilines is 2. The zero-order chi connectivity index (χ0) is 22.2. The third kappa shape index (κ3) is 3.67. The van der Waals surface area contributed by atoms with E-state index in [2.05, 4.69) is 32.5 Å². The van der Waals surface area contributed by atoms with Crippen molar-refractivity contribution >= 4 is 50.5 Å². The fourth-order valence-corrected chi connectivity index (χ4v) is 4.88. The minimum absolute atomic E-state index is 0.0685.